The van der Waals surface area contributed by atoms with E-state index in [0.717, 1.165) is 10.7 Å². The number of hydrogen-bond acceptors (Lipinski definition) is 6. The molecule has 2 aromatic rings. The Morgan fingerprint density at radius 2 is 1.69 bits per heavy atom. The molecule has 0 radical (unpaired) electrons. The number of amides is 1. The normalized spacial score (nSPS) is 18.1. The first-order valence-corrected chi connectivity index (χ1v) is 13.2. The molecule has 1 amide bonds. The second-order valence-electron chi connectivity index (χ2n) is 9.20. The quantitative estimate of drug-likeness (QED) is 0.509. The topological polar surface area (TPSA) is 93.2 Å². The minimum atomic E-state index is -3.94. The lowest BCUT2D eigenvalue weighted by Crippen LogP contribution is -2.44. The van der Waals surface area contributed by atoms with Gasteiger partial charge in [-0.2, -0.15) is 0 Å². The fourth-order valence-electron chi connectivity index (χ4n) is 4.36. The molecular formula is C26H34N2O6S. The molecule has 0 N–H and O–H groups in total. The van der Waals surface area contributed by atoms with Gasteiger partial charge in [-0.05, 0) is 74.1 Å². The molecule has 0 spiro atoms. The van der Waals surface area contributed by atoms with Crippen LogP contribution in [0.1, 0.15) is 43.1 Å². The van der Waals surface area contributed by atoms with E-state index in [9.17, 15) is 18.0 Å². The lowest BCUT2D eigenvalue weighted by atomic mass is 9.92. The van der Waals surface area contributed by atoms with Crippen LogP contribution in [0, 0.1) is 18.8 Å². The summed E-state index contributed by atoms with van der Waals surface area (Å²) in [6, 6.07) is 11.0. The first-order valence-electron chi connectivity index (χ1n) is 11.8. The molecule has 2 aromatic carbocycles. The van der Waals surface area contributed by atoms with Gasteiger partial charge in [0.25, 0.3) is 15.9 Å². The molecule has 1 fully saturated rings. The monoisotopic (exact) mass is 502 g/mol. The Morgan fingerprint density at radius 1 is 1.06 bits per heavy atom. The van der Waals surface area contributed by atoms with E-state index in [1.807, 2.05) is 6.92 Å². The van der Waals surface area contributed by atoms with E-state index in [4.69, 9.17) is 9.47 Å². The van der Waals surface area contributed by atoms with Crippen molar-refractivity contribution < 1.29 is 27.5 Å². The number of rotatable bonds is 8. The number of aryl methyl sites for hydroxylation is 1. The van der Waals surface area contributed by atoms with Gasteiger partial charge in [0.1, 0.15) is 5.75 Å². The van der Waals surface area contributed by atoms with Crippen LogP contribution in [0.25, 0.3) is 0 Å². The highest BCUT2D eigenvalue weighted by molar-refractivity contribution is 7.92. The number of benzene rings is 2. The SMILES string of the molecule is CCOc1ccc(N(C)S(=O)(=O)c2ccc(C)c(C(=O)OCC(=O)N3C[C@H](C)C[C@@H](C)C3)c2)cc1. The molecule has 1 saturated heterocycles. The molecule has 1 aliphatic heterocycles. The van der Waals surface area contributed by atoms with E-state index in [-0.39, 0.29) is 23.0 Å². The summed E-state index contributed by atoms with van der Waals surface area (Å²) in [6.07, 6.45) is 1.06. The maximum absolute atomic E-state index is 13.2. The van der Waals surface area contributed by atoms with E-state index in [1.165, 1.54) is 19.2 Å². The Kier molecular flexibility index (Phi) is 8.43. The molecule has 2 atom stereocenters. The molecule has 0 aromatic heterocycles. The van der Waals surface area contributed by atoms with Crippen LogP contribution >= 0.6 is 0 Å². The van der Waals surface area contributed by atoms with Crippen LogP contribution in [0.5, 0.6) is 5.75 Å². The molecule has 190 valence electrons. The largest absolute Gasteiger partial charge is 0.494 e. The fraction of sp³-hybridized carbons (Fsp3) is 0.462. The zero-order chi connectivity index (χ0) is 25.8. The minimum absolute atomic E-state index is 0.0450. The number of likely N-dealkylation sites (tertiary alicyclic amines) is 1. The van der Waals surface area contributed by atoms with E-state index in [2.05, 4.69) is 13.8 Å². The summed E-state index contributed by atoms with van der Waals surface area (Å²) in [5, 5.41) is 0. The first kappa shape index (κ1) is 26.5. The Labute approximate surface area is 207 Å². The summed E-state index contributed by atoms with van der Waals surface area (Å²) in [6.45, 7) is 9.19. The van der Waals surface area contributed by atoms with Crippen molar-refractivity contribution in [2.45, 2.75) is 39.0 Å². The highest BCUT2D eigenvalue weighted by Crippen LogP contribution is 2.26. The van der Waals surface area contributed by atoms with Gasteiger partial charge in [0.15, 0.2) is 6.61 Å². The van der Waals surface area contributed by atoms with Crippen LogP contribution in [-0.4, -0.2) is 58.5 Å². The van der Waals surface area contributed by atoms with E-state index in [0.29, 0.717) is 48.5 Å². The van der Waals surface area contributed by atoms with Crippen molar-refractivity contribution in [1.82, 2.24) is 4.90 Å². The smallest absolute Gasteiger partial charge is 0.338 e. The third kappa shape index (κ3) is 6.33. The molecule has 3 rings (SSSR count). The highest BCUT2D eigenvalue weighted by Gasteiger charge is 2.27. The van der Waals surface area contributed by atoms with Crippen molar-refractivity contribution in [2.24, 2.45) is 11.8 Å². The summed E-state index contributed by atoms with van der Waals surface area (Å²) >= 11 is 0. The van der Waals surface area contributed by atoms with Crippen LogP contribution in [0.2, 0.25) is 0 Å². The Bertz CT molecular complexity index is 1150. The molecule has 9 heteroatoms. The molecule has 0 bridgehead atoms. The van der Waals surface area contributed by atoms with E-state index in [1.54, 1.807) is 42.2 Å². The molecule has 0 saturated carbocycles. The van der Waals surface area contributed by atoms with Crippen molar-refractivity contribution in [3.05, 3.63) is 53.6 Å². The number of anilines is 1. The Morgan fingerprint density at radius 3 is 2.29 bits per heavy atom. The zero-order valence-corrected chi connectivity index (χ0v) is 21.8. The van der Waals surface area contributed by atoms with Gasteiger partial charge in [-0.3, -0.25) is 9.10 Å². The van der Waals surface area contributed by atoms with Gasteiger partial charge in [0.2, 0.25) is 0 Å². The second-order valence-corrected chi connectivity index (χ2v) is 11.2. The van der Waals surface area contributed by atoms with Crippen molar-refractivity contribution in [1.29, 1.82) is 0 Å². The number of esters is 1. The predicted octanol–water partition coefficient (Wildman–Crippen LogP) is 3.88. The average Bonchev–Trinajstić information content (AvgIpc) is 2.82. The summed E-state index contributed by atoms with van der Waals surface area (Å²) in [5.41, 5.74) is 1.12. The summed E-state index contributed by atoms with van der Waals surface area (Å²) in [5.74, 6) is 0.471. The predicted molar refractivity (Wildman–Crippen MR) is 134 cm³/mol. The molecule has 8 nitrogen and oxygen atoms in total. The zero-order valence-electron chi connectivity index (χ0n) is 21.0. The minimum Gasteiger partial charge on any atom is -0.494 e. The van der Waals surface area contributed by atoms with Crippen molar-refractivity contribution in [3.63, 3.8) is 0 Å². The lowest BCUT2D eigenvalue weighted by Gasteiger charge is -2.34. The van der Waals surface area contributed by atoms with Gasteiger partial charge in [0.05, 0.1) is 22.8 Å². The molecular weight excluding hydrogens is 468 g/mol. The Hall–Kier alpha value is -3.07. The fourth-order valence-corrected chi connectivity index (χ4v) is 5.58. The third-order valence-corrected chi connectivity index (χ3v) is 7.93. The average molecular weight is 503 g/mol. The summed E-state index contributed by atoms with van der Waals surface area (Å²) < 4.78 is 38.3. The van der Waals surface area contributed by atoms with Crippen molar-refractivity contribution in [2.75, 3.05) is 37.7 Å². The lowest BCUT2D eigenvalue weighted by molar-refractivity contribution is -0.137. The molecule has 1 aliphatic rings. The van der Waals surface area contributed by atoms with Crippen LogP contribution in [0.15, 0.2) is 47.4 Å². The van der Waals surface area contributed by atoms with Crippen LogP contribution in [0.4, 0.5) is 5.69 Å². The van der Waals surface area contributed by atoms with Crippen molar-refractivity contribution in [3.8, 4) is 5.75 Å². The van der Waals surface area contributed by atoms with Crippen molar-refractivity contribution >= 4 is 27.6 Å². The van der Waals surface area contributed by atoms with Crippen LogP contribution in [0.3, 0.4) is 0 Å². The van der Waals surface area contributed by atoms with Crippen LogP contribution in [-0.2, 0) is 19.6 Å². The number of ether oxygens (including phenoxy) is 2. The van der Waals surface area contributed by atoms with E-state index < -0.39 is 16.0 Å². The van der Waals surface area contributed by atoms with Crippen LogP contribution < -0.4 is 9.04 Å². The number of piperidine rings is 1. The number of carbonyl (C=O) groups excluding carboxylic acids is 2. The summed E-state index contributed by atoms with van der Waals surface area (Å²) in [4.78, 5) is 27.1. The van der Waals surface area contributed by atoms with Gasteiger partial charge in [0, 0.05) is 20.1 Å². The molecule has 1 heterocycles. The standard InChI is InChI=1S/C26H34N2O6S/c1-6-33-22-10-8-21(9-11-22)27(5)35(31,32)23-12-7-20(4)24(14-23)26(30)34-17-25(29)28-15-18(2)13-19(3)16-28/h7-12,14,18-19H,6,13,15-17H2,1-5H3/t18-,19-/m1/s1. The molecule has 0 aliphatic carbocycles. The molecule has 0 unspecified atom stereocenters. The van der Waals surface area contributed by atoms with E-state index >= 15 is 0 Å². The maximum Gasteiger partial charge on any atom is 0.338 e. The van der Waals surface area contributed by atoms with Gasteiger partial charge >= 0.3 is 5.97 Å². The summed E-state index contributed by atoms with van der Waals surface area (Å²) in [7, 11) is -2.49. The van der Waals surface area contributed by atoms with Gasteiger partial charge in [-0.1, -0.05) is 19.9 Å². The van der Waals surface area contributed by atoms with Gasteiger partial charge < -0.3 is 14.4 Å². The number of carbonyl (C=O) groups is 2. The van der Waals surface area contributed by atoms with Gasteiger partial charge in [-0.25, -0.2) is 13.2 Å². The number of hydrogen-bond donors (Lipinski definition) is 0. The number of nitrogens with zero attached hydrogens (tertiary/aromatic N) is 2. The Balaban J connectivity index is 1.73. The molecule has 35 heavy (non-hydrogen) atoms. The maximum atomic E-state index is 13.2. The highest BCUT2D eigenvalue weighted by atomic mass is 32.2. The first-order chi connectivity index (χ1) is 16.5. The third-order valence-electron chi connectivity index (χ3n) is 6.15. The second kappa shape index (κ2) is 11.1. The van der Waals surface area contributed by atoms with Gasteiger partial charge in [-0.15, -0.1) is 0 Å². The number of sulfonamides is 1.